The SMILES string of the molecule is CCCCCCCCCCCCCC[CH2][W].O=P(O)(O)O.O=P(O)(O)O. The second-order valence-corrected chi connectivity index (χ2v) is 9.49. The molecule has 0 saturated heterocycles. The van der Waals surface area contributed by atoms with E-state index in [0.717, 1.165) is 0 Å². The summed E-state index contributed by atoms with van der Waals surface area (Å²) in [7, 11) is -9.28. The van der Waals surface area contributed by atoms with E-state index >= 15 is 0 Å². The molecule has 0 bridgehead atoms. The van der Waals surface area contributed by atoms with Gasteiger partial charge in [0.15, 0.2) is 0 Å². The summed E-state index contributed by atoms with van der Waals surface area (Å²) in [4.78, 5) is 44.6. The molecule has 0 aliphatic rings. The van der Waals surface area contributed by atoms with Crippen LogP contribution in [0.15, 0.2) is 0 Å². The Morgan fingerprint density at radius 2 is 0.731 bits per heavy atom. The van der Waals surface area contributed by atoms with Gasteiger partial charge in [-0.05, 0) is 0 Å². The molecule has 11 heteroatoms. The van der Waals surface area contributed by atoms with Crippen molar-refractivity contribution < 1.29 is 58.3 Å². The molecule has 8 nitrogen and oxygen atoms in total. The number of phosphoric acid groups is 2. The van der Waals surface area contributed by atoms with Crippen molar-refractivity contribution in [3.05, 3.63) is 0 Å². The van der Waals surface area contributed by atoms with E-state index in [-0.39, 0.29) is 0 Å². The molecule has 0 amide bonds. The zero-order chi connectivity index (χ0) is 20.9. The average Bonchev–Trinajstić information content (AvgIpc) is 2.45. The van der Waals surface area contributed by atoms with Crippen molar-refractivity contribution in [3.8, 4) is 0 Å². The molecule has 26 heavy (non-hydrogen) atoms. The van der Waals surface area contributed by atoms with Gasteiger partial charge in [-0.1, -0.05) is 19.8 Å². The molecule has 0 aromatic heterocycles. The minimum atomic E-state index is -4.64. The first-order valence-electron chi connectivity index (χ1n) is 9.06. The van der Waals surface area contributed by atoms with Crippen LogP contribution in [-0.2, 0) is 28.9 Å². The van der Waals surface area contributed by atoms with Crippen LogP contribution in [0.1, 0.15) is 90.4 Å². The third kappa shape index (κ3) is 73.6. The van der Waals surface area contributed by atoms with E-state index in [1.54, 1.807) is 19.8 Å². The zero-order valence-corrected chi connectivity index (χ0v) is 20.4. The van der Waals surface area contributed by atoms with Crippen LogP contribution < -0.4 is 0 Å². The van der Waals surface area contributed by atoms with Crippen LogP contribution in [-0.4, -0.2) is 29.4 Å². The van der Waals surface area contributed by atoms with Crippen LogP contribution in [0.4, 0.5) is 0 Å². The van der Waals surface area contributed by atoms with Crippen molar-refractivity contribution >= 4 is 15.6 Å². The van der Waals surface area contributed by atoms with Crippen LogP contribution in [0.2, 0.25) is 4.81 Å². The largest absolute Gasteiger partial charge is 0.466 e. The minimum Gasteiger partial charge on any atom is -0.303 e. The standard InChI is InChI=1S/C15H31.2H3O4P.W/c1-3-5-7-9-11-13-15-14-12-10-8-6-4-2;2*1-5(2,3)4;/h1,3-15H2,2H3;2*(H3,1,2,3,4);. The molecular formula is C15H37O8P2W. The van der Waals surface area contributed by atoms with Gasteiger partial charge in [0.1, 0.15) is 0 Å². The summed E-state index contributed by atoms with van der Waals surface area (Å²) in [5.41, 5.74) is 0. The topological polar surface area (TPSA) is 156 Å². The van der Waals surface area contributed by atoms with E-state index in [1.165, 1.54) is 88.3 Å². The van der Waals surface area contributed by atoms with Gasteiger partial charge >= 0.3 is 111 Å². The number of hydrogen-bond acceptors (Lipinski definition) is 2. The van der Waals surface area contributed by atoms with E-state index in [2.05, 4.69) is 6.92 Å². The van der Waals surface area contributed by atoms with E-state index in [1.807, 2.05) is 0 Å². The first-order chi connectivity index (χ1) is 11.9. The Hall–Kier alpha value is 0.908. The normalized spacial score (nSPS) is 11.2. The maximum Gasteiger partial charge on any atom is 0.466 e. The smallest absolute Gasteiger partial charge is 0.303 e. The summed E-state index contributed by atoms with van der Waals surface area (Å²) >= 11 is 1.76. The van der Waals surface area contributed by atoms with Gasteiger partial charge in [-0.15, -0.1) is 0 Å². The van der Waals surface area contributed by atoms with Crippen LogP contribution >= 0.6 is 15.6 Å². The molecule has 0 aromatic carbocycles. The Morgan fingerprint density at radius 3 is 0.923 bits per heavy atom. The average molecular weight is 591 g/mol. The van der Waals surface area contributed by atoms with Crippen molar-refractivity contribution in [2.24, 2.45) is 0 Å². The molecule has 0 atom stereocenters. The van der Waals surface area contributed by atoms with Gasteiger partial charge in [-0.3, -0.25) is 0 Å². The predicted molar refractivity (Wildman–Crippen MR) is 99.0 cm³/mol. The molecule has 0 unspecified atom stereocenters. The number of unbranched alkanes of at least 4 members (excludes halogenated alkanes) is 12. The van der Waals surface area contributed by atoms with Crippen LogP contribution in [0.3, 0.4) is 0 Å². The van der Waals surface area contributed by atoms with E-state index in [0.29, 0.717) is 0 Å². The molecular weight excluding hydrogens is 554 g/mol. The Labute approximate surface area is 169 Å². The van der Waals surface area contributed by atoms with Gasteiger partial charge in [0, 0.05) is 0 Å². The second kappa shape index (κ2) is 22.2. The Balaban J connectivity index is -0.000000433. The number of rotatable bonds is 13. The van der Waals surface area contributed by atoms with E-state index in [9.17, 15) is 0 Å². The number of hydrogen-bond donors (Lipinski definition) is 6. The predicted octanol–water partition coefficient (Wildman–Crippen LogP) is 4.19. The van der Waals surface area contributed by atoms with Gasteiger partial charge in [-0.2, -0.15) is 0 Å². The third-order valence-corrected chi connectivity index (χ3v) is 4.29. The van der Waals surface area contributed by atoms with Gasteiger partial charge in [0.05, 0.1) is 0 Å². The van der Waals surface area contributed by atoms with Gasteiger partial charge in [0.2, 0.25) is 0 Å². The fourth-order valence-electron chi connectivity index (χ4n) is 2.12. The third-order valence-electron chi connectivity index (χ3n) is 3.25. The van der Waals surface area contributed by atoms with Gasteiger partial charge < -0.3 is 29.4 Å². The summed E-state index contributed by atoms with van der Waals surface area (Å²) in [5.74, 6) is 0. The summed E-state index contributed by atoms with van der Waals surface area (Å²) < 4.78 is 17.8. The van der Waals surface area contributed by atoms with Crippen LogP contribution in [0.25, 0.3) is 0 Å². The fourth-order valence-corrected chi connectivity index (χ4v) is 2.85. The van der Waals surface area contributed by atoms with Crippen molar-refractivity contribution in [2.45, 2.75) is 95.2 Å². The van der Waals surface area contributed by atoms with E-state index < -0.39 is 15.6 Å². The van der Waals surface area contributed by atoms with Crippen LogP contribution in [0.5, 0.6) is 0 Å². The molecule has 0 radical (unpaired) electrons. The molecule has 0 aromatic rings. The summed E-state index contributed by atoms with van der Waals surface area (Å²) in [5, 5.41) is 0. The molecule has 0 saturated carbocycles. The maximum absolute atomic E-state index is 8.88. The summed E-state index contributed by atoms with van der Waals surface area (Å²) in [6.07, 6.45) is 19.2. The first-order valence-corrected chi connectivity index (χ1v) is 14.3. The maximum atomic E-state index is 8.88. The Kier molecular flexibility index (Phi) is 27.0. The monoisotopic (exact) mass is 591 g/mol. The van der Waals surface area contributed by atoms with E-state index in [4.69, 9.17) is 38.5 Å². The molecule has 0 fully saturated rings. The molecule has 0 aliphatic heterocycles. The minimum absolute atomic E-state index is 1.37. The molecule has 161 valence electrons. The molecule has 0 aliphatic carbocycles. The summed E-state index contributed by atoms with van der Waals surface area (Å²) in [6.45, 7) is 2.29. The fraction of sp³-hybridized carbons (Fsp3) is 1.00. The van der Waals surface area contributed by atoms with Crippen molar-refractivity contribution in [3.63, 3.8) is 0 Å². The Morgan fingerprint density at radius 1 is 0.538 bits per heavy atom. The van der Waals surface area contributed by atoms with Crippen LogP contribution in [0, 0.1) is 0 Å². The van der Waals surface area contributed by atoms with Crippen molar-refractivity contribution in [1.82, 2.24) is 0 Å². The van der Waals surface area contributed by atoms with Gasteiger partial charge in [-0.25, -0.2) is 9.13 Å². The first kappa shape index (κ1) is 31.6. The molecule has 6 N–H and O–H groups in total. The quantitative estimate of drug-likeness (QED) is 0.138. The zero-order valence-electron chi connectivity index (χ0n) is 15.7. The summed E-state index contributed by atoms with van der Waals surface area (Å²) in [6, 6.07) is 0. The Bertz CT molecular complexity index is 309. The molecule has 0 rings (SSSR count). The van der Waals surface area contributed by atoms with Crippen molar-refractivity contribution in [2.75, 3.05) is 0 Å². The van der Waals surface area contributed by atoms with Crippen molar-refractivity contribution in [1.29, 1.82) is 0 Å². The van der Waals surface area contributed by atoms with Gasteiger partial charge in [0.25, 0.3) is 0 Å². The molecule has 0 spiro atoms. The molecule has 0 heterocycles. The second-order valence-electron chi connectivity index (χ2n) is 5.97.